The van der Waals surface area contributed by atoms with Crippen LogP contribution in [0.4, 0.5) is 0 Å². The van der Waals surface area contributed by atoms with Crippen LogP contribution in [0.3, 0.4) is 0 Å². The summed E-state index contributed by atoms with van der Waals surface area (Å²) in [4.78, 5) is 44.7. The van der Waals surface area contributed by atoms with Crippen molar-refractivity contribution >= 4 is 28.7 Å². The van der Waals surface area contributed by atoms with Gasteiger partial charge in [-0.25, -0.2) is 9.78 Å². The summed E-state index contributed by atoms with van der Waals surface area (Å²) < 4.78 is 7.78. The molecule has 8 nitrogen and oxygen atoms in total. The molecule has 9 heteroatoms. The molecule has 0 spiro atoms. The highest BCUT2D eigenvalue weighted by Gasteiger charge is 2.21. The molecule has 3 rings (SSSR count). The molecular weight excluding hydrogens is 380 g/mol. The molecule has 1 aliphatic heterocycles. The second-order valence-electron chi connectivity index (χ2n) is 6.90. The normalized spacial score (nSPS) is 14.6. The zero-order valence-electron chi connectivity index (χ0n) is 16.6. The van der Waals surface area contributed by atoms with Crippen molar-refractivity contribution in [2.24, 2.45) is 14.1 Å². The SMILES string of the molecule is CCCCc1cnc2c(c1SCC(=O)N1CCOCC1)c(=O)n(C)c(=O)n2C. The number of nitrogens with zero attached hydrogens (tertiary/aromatic N) is 4. The van der Waals surface area contributed by atoms with E-state index in [-0.39, 0.29) is 17.2 Å². The monoisotopic (exact) mass is 406 g/mol. The lowest BCUT2D eigenvalue weighted by Gasteiger charge is -2.26. The Morgan fingerprint density at radius 3 is 2.61 bits per heavy atom. The predicted molar refractivity (Wildman–Crippen MR) is 109 cm³/mol. The maximum absolute atomic E-state index is 12.9. The van der Waals surface area contributed by atoms with Gasteiger partial charge in [0, 0.05) is 38.3 Å². The molecule has 0 bridgehead atoms. The number of pyridine rings is 1. The molecule has 0 atom stereocenters. The predicted octanol–water partition coefficient (Wildman–Crippen LogP) is 0.926. The molecular formula is C19H26N4O4S. The fourth-order valence-electron chi connectivity index (χ4n) is 3.29. The molecule has 0 N–H and O–H groups in total. The number of rotatable bonds is 6. The average molecular weight is 407 g/mol. The minimum atomic E-state index is -0.411. The van der Waals surface area contributed by atoms with Crippen molar-refractivity contribution in [2.75, 3.05) is 32.1 Å². The Labute approximate surface area is 167 Å². The Morgan fingerprint density at radius 1 is 1.21 bits per heavy atom. The van der Waals surface area contributed by atoms with E-state index in [4.69, 9.17) is 4.74 Å². The Bertz CT molecular complexity index is 992. The minimum absolute atomic E-state index is 0.0290. The number of aryl methyl sites for hydroxylation is 2. The first kappa shape index (κ1) is 20.6. The number of thioether (sulfide) groups is 1. The van der Waals surface area contributed by atoms with Crippen molar-refractivity contribution in [3.63, 3.8) is 0 Å². The highest BCUT2D eigenvalue weighted by molar-refractivity contribution is 8.00. The summed E-state index contributed by atoms with van der Waals surface area (Å²) in [5.41, 5.74) is 0.525. The van der Waals surface area contributed by atoms with Gasteiger partial charge in [0.1, 0.15) is 5.65 Å². The summed E-state index contributed by atoms with van der Waals surface area (Å²) >= 11 is 1.37. The molecule has 0 aliphatic carbocycles. The standard InChI is InChI=1S/C19H26N4O4S/c1-4-5-6-13-11-20-17-15(18(25)22(3)19(26)21(17)2)16(13)28-12-14(24)23-7-9-27-10-8-23/h11H,4-10,12H2,1-3H3. The molecule has 0 unspecified atom stereocenters. The zero-order chi connectivity index (χ0) is 20.3. The van der Waals surface area contributed by atoms with Crippen molar-refractivity contribution < 1.29 is 9.53 Å². The fourth-order valence-corrected chi connectivity index (χ4v) is 4.40. The third-order valence-electron chi connectivity index (χ3n) is 5.00. The first-order chi connectivity index (χ1) is 13.5. The topological polar surface area (TPSA) is 86.4 Å². The maximum atomic E-state index is 12.9. The van der Waals surface area contributed by atoms with E-state index < -0.39 is 5.69 Å². The van der Waals surface area contributed by atoms with E-state index in [0.29, 0.717) is 37.3 Å². The van der Waals surface area contributed by atoms with Gasteiger partial charge in [0.2, 0.25) is 5.91 Å². The number of ether oxygens (including phenoxy) is 1. The molecule has 0 saturated carbocycles. The molecule has 1 fully saturated rings. The van der Waals surface area contributed by atoms with Crippen molar-refractivity contribution in [3.05, 3.63) is 32.6 Å². The molecule has 28 heavy (non-hydrogen) atoms. The van der Waals surface area contributed by atoms with Gasteiger partial charge in [-0.3, -0.25) is 18.7 Å². The van der Waals surface area contributed by atoms with Gasteiger partial charge in [-0.15, -0.1) is 11.8 Å². The minimum Gasteiger partial charge on any atom is -0.378 e. The zero-order valence-corrected chi connectivity index (χ0v) is 17.4. The summed E-state index contributed by atoms with van der Waals surface area (Å²) in [6, 6.07) is 0. The number of morpholine rings is 1. The van der Waals surface area contributed by atoms with E-state index in [0.717, 1.165) is 34.3 Å². The van der Waals surface area contributed by atoms with Crippen LogP contribution in [0.1, 0.15) is 25.3 Å². The highest BCUT2D eigenvalue weighted by atomic mass is 32.2. The number of carbonyl (C=O) groups is 1. The Balaban J connectivity index is 2.02. The van der Waals surface area contributed by atoms with Gasteiger partial charge in [0.15, 0.2) is 0 Å². The Morgan fingerprint density at radius 2 is 1.93 bits per heavy atom. The second kappa shape index (κ2) is 8.91. The lowest BCUT2D eigenvalue weighted by molar-refractivity contribution is -0.132. The number of amides is 1. The van der Waals surface area contributed by atoms with Crippen LogP contribution >= 0.6 is 11.8 Å². The first-order valence-electron chi connectivity index (χ1n) is 9.51. The summed E-state index contributed by atoms with van der Waals surface area (Å²) in [5.74, 6) is 0.269. The van der Waals surface area contributed by atoms with Crippen LogP contribution in [0.15, 0.2) is 20.7 Å². The summed E-state index contributed by atoms with van der Waals surface area (Å²) in [6.45, 7) is 4.40. The second-order valence-corrected chi connectivity index (χ2v) is 7.89. The third-order valence-corrected chi connectivity index (χ3v) is 6.14. The number of fused-ring (bicyclic) bond motifs is 1. The van der Waals surface area contributed by atoms with Gasteiger partial charge < -0.3 is 9.64 Å². The molecule has 3 heterocycles. The maximum Gasteiger partial charge on any atom is 0.332 e. The molecule has 2 aromatic rings. The molecule has 0 radical (unpaired) electrons. The molecule has 1 saturated heterocycles. The van der Waals surface area contributed by atoms with E-state index in [1.165, 1.54) is 23.4 Å². The molecule has 1 aliphatic rings. The third kappa shape index (κ3) is 4.00. The molecule has 2 aromatic heterocycles. The van der Waals surface area contributed by atoms with Crippen LogP contribution in [0, 0.1) is 0 Å². The van der Waals surface area contributed by atoms with Gasteiger partial charge in [0.05, 0.1) is 24.4 Å². The summed E-state index contributed by atoms with van der Waals surface area (Å²) in [7, 11) is 3.08. The van der Waals surface area contributed by atoms with E-state index in [2.05, 4.69) is 11.9 Å². The number of unbranched alkanes of at least 4 members (excludes halogenated alkanes) is 1. The van der Waals surface area contributed by atoms with Crippen LogP contribution < -0.4 is 11.2 Å². The largest absolute Gasteiger partial charge is 0.378 e. The van der Waals surface area contributed by atoms with Crippen LogP contribution in [0.5, 0.6) is 0 Å². The van der Waals surface area contributed by atoms with E-state index in [9.17, 15) is 14.4 Å². The van der Waals surface area contributed by atoms with E-state index in [1.54, 1.807) is 18.1 Å². The van der Waals surface area contributed by atoms with Gasteiger partial charge in [-0.05, 0) is 18.4 Å². The molecule has 1 amide bonds. The van der Waals surface area contributed by atoms with Crippen molar-refractivity contribution in [1.82, 2.24) is 19.0 Å². The van der Waals surface area contributed by atoms with Gasteiger partial charge in [-0.2, -0.15) is 0 Å². The lowest BCUT2D eigenvalue weighted by Crippen LogP contribution is -2.41. The smallest absolute Gasteiger partial charge is 0.332 e. The van der Waals surface area contributed by atoms with E-state index in [1.807, 2.05) is 0 Å². The van der Waals surface area contributed by atoms with Crippen LogP contribution in [-0.4, -0.2) is 57.0 Å². The van der Waals surface area contributed by atoms with Crippen LogP contribution in [0.25, 0.3) is 11.0 Å². The van der Waals surface area contributed by atoms with Gasteiger partial charge in [0.25, 0.3) is 5.56 Å². The number of hydrogen-bond acceptors (Lipinski definition) is 6. The van der Waals surface area contributed by atoms with E-state index >= 15 is 0 Å². The first-order valence-corrected chi connectivity index (χ1v) is 10.5. The van der Waals surface area contributed by atoms with Crippen molar-refractivity contribution in [1.29, 1.82) is 0 Å². The summed E-state index contributed by atoms with van der Waals surface area (Å²) in [5, 5.41) is 0.415. The lowest BCUT2D eigenvalue weighted by atomic mass is 10.1. The highest BCUT2D eigenvalue weighted by Crippen LogP contribution is 2.29. The van der Waals surface area contributed by atoms with Gasteiger partial charge in [-0.1, -0.05) is 13.3 Å². The number of aromatic nitrogens is 3. The Hall–Kier alpha value is -2.13. The summed E-state index contributed by atoms with van der Waals surface area (Å²) in [6.07, 6.45) is 4.49. The molecule has 152 valence electrons. The fraction of sp³-hybridized carbons (Fsp3) is 0.579. The number of hydrogen-bond donors (Lipinski definition) is 0. The Kier molecular flexibility index (Phi) is 6.56. The number of carbonyl (C=O) groups excluding carboxylic acids is 1. The van der Waals surface area contributed by atoms with Crippen LogP contribution in [0.2, 0.25) is 0 Å². The quantitative estimate of drug-likeness (QED) is 0.664. The average Bonchev–Trinajstić information content (AvgIpc) is 2.73. The van der Waals surface area contributed by atoms with Crippen molar-refractivity contribution in [3.8, 4) is 0 Å². The van der Waals surface area contributed by atoms with Crippen LogP contribution in [-0.2, 0) is 30.0 Å². The van der Waals surface area contributed by atoms with Crippen molar-refractivity contribution in [2.45, 2.75) is 31.1 Å². The van der Waals surface area contributed by atoms with Gasteiger partial charge >= 0.3 is 5.69 Å². The molecule has 0 aromatic carbocycles.